The predicted molar refractivity (Wildman–Crippen MR) is 111 cm³/mol. The lowest BCUT2D eigenvalue weighted by Crippen LogP contribution is -2.46. The van der Waals surface area contributed by atoms with E-state index in [1.165, 1.54) is 4.90 Å². The van der Waals surface area contributed by atoms with Gasteiger partial charge in [-0.25, -0.2) is 4.90 Å². The van der Waals surface area contributed by atoms with E-state index < -0.39 is 17.9 Å². The average Bonchev–Trinajstić information content (AvgIpc) is 3.45. The first kappa shape index (κ1) is 18.6. The van der Waals surface area contributed by atoms with Gasteiger partial charge in [-0.3, -0.25) is 19.3 Å². The molecule has 2 aromatic rings. The number of carbonyl (C=O) groups excluding carboxylic acids is 3. The van der Waals surface area contributed by atoms with Crippen molar-refractivity contribution in [1.82, 2.24) is 4.90 Å². The number of Topliss-reactive ketones (excluding diaryl/α,β-unsaturated/α-hetero) is 1. The number of ether oxygens (including phenoxy) is 2. The number of imide groups is 1. The van der Waals surface area contributed by atoms with Crippen LogP contribution in [0.5, 0.6) is 11.5 Å². The van der Waals surface area contributed by atoms with Crippen molar-refractivity contribution in [3.8, 4) is 11.5 Å². The number of benzene rings is 2. The molecule has 0 aliphatic carbocycles. The van der Waals surface area contributed by atoms with Gasteiger partial charge < -0.3 is 9.47 Å². The number of anilines is 1. The molecule has 4 atom stereocenters. The molecule has 2 aromatic carbocycles. The SMILES string of the molecule is O=C(c1ccccc1)[C@H]1[C@H]2C(=O)N(c3ccc4c(c3)OCCO4)C(=O)[C@@H]2[C@H]2CCCN21. The largest absolute Gasteiger partial charge is 0.486 e. The summed E-state index contributed by atoms with van der Waals surface area (Å²) in [7, 11) is 0. The van der Waals surface area contributed by atoms with Crippen molar-refractivity contribution >= 4 is 23.3 Å². The van der Waals surface area contributed by atoms with Crippen molar-refractivity contribution in [2.24, 2.45) is 11.8 Å². The molecule has 0 aromatic heterocycles. The van der Waals surface area contributed by atoms with Gasteiger partial charge in [-0.1, -0.05) is 30.3 Å². The number of hydrogen-bond donors (Lipinski definition) is 0. The first-order chi connectivity index (χ1) is 15.1. The Balaban J connectivity index is 1.39. The number of rotatable bonds is 3. The van der Waals surface area contributed by atoms with Crippen LogP contribution in [0.15, 0.2) is 48.5 Å². The van der Waals surface area contributed by atoms with Crippen LogP contribution in [0.4, 0.5) is 5.69 Å². The van der Waals surface area contributed by atoms with Crippen molar-refractivity contribution in [1.29, 1.82) is 0 Å². The summed E-state index contributed by atoms with van der Waals surface area (Å²) < 4.78 is 11.2. The number of nitrogens with zero attached hydrogens (tertiary/aromatic N) is 2. The Hall–Kier alpha value is -3.19. The predicted octanol–water partition coefficient (Wildman–Crippen LogP) is 2.29. The monoisotopic (exact) mass is 418 g/mol. The molecule has 4 aliphatic rings. The third-order valence-corrected chi connectivity index (χ3v) is 6.96. The van der Waals surface area contributed by atoms with Crippen LogP contribution in [0.3, 0.4) is 0 Å². The zero-order chi connectivity index (χ0) is 21.1. The van der Waals surface area contributed by atoms with Gasteiger partial charge in [0.05, 0.1) is 23.6 Å². The summed E-state index contributed by atoms with van der Waals surface area (Å²) in [5.74, 6) is -0.596. The van der Waals surface area contributed by atoms with E-state index in [1.54, 1.807) is 30.3 Å². The zero-order valence-electron chi connectivity index (χ0n) is 16.9. The highest BCUT2D eigenvalue weighted by Gasteiger charge is 2.64. The number of fused-ring (bicyclic) bond motifs is 4. The smallest absolute Gasteiger partial charge is 0.239 e. The molecule has 0 N–H and O–H groups in total. The Morgan fingerprint density at radius 1 is 0.903 bits per heavy atom. The Morgan fingerprint density at radius 2 is 1.65 bits per heavy atom. The highest BCUT2D eigenvalue weighted by Crippen LogP contribution is 2.49. The molecular formula is C24H22N2O5. The van der Waals surface area contributed by atoms with Crippen LogP contribution >= 0.6 is 0 Å². The fourth-order valence-electron chi connectivity index (χ4n) is 5.71. The molecule has 0 saturated carbocycles. The summed E-state index contributed by atoms with van der Waals surface area (Å²) in [5, 5.41) is 0. The first-order valence-corrected chi connectivity index (χ1v) is 10.8. The van der Waals surface area contributed by atoms with Gasteiger partial charge in [-0.2, -0.15) is 0 Å². The molecule has 7 nitrogen and oxygen atoms in total. The lowest BCUT2D eigenvalue weighted by molar-refractivity contribution is -0.123. The topological polar surface area (TPSA) is 76.1 Å². The Bertz CT molecular complexity index is 1080. The normalized spacial score (nSPS) is 29.2. The van der Waals surface area contributed by atoms with Crippen LogP contribution in [-0.2, 0) is 9.59 Å². The number of hydrogen-bond acceptors (Lipinski definition) is 6. The van der Waals surface area contributed by atoms with E-state index in [-0.39, 0.29) is 23.6 Å². The Labute approximate surface area is 179 Å². The Kier molecular flexibility index (Phi) is 4.14. The van der Waals surface area contributed by atoms with Crippen LogP contribution in [0.25, 0.3) is 0 Å². The van der Waals surface area contributed by atoms with Crippen molar-refractivity contribution in [2.75, 3.05) is 24.7 Å². The summed E-state index contributed by atoms with van der Waals surface area (Å²) >= 11 is 0. The van der Waals surface area contributed by atoms with Gasteiger partial charge in [0.1, 0.15) is 13.2 Å². The summed E-state index contributed by atoms with van der Waals surface area (Å²) in [5.41, 5.74) is 1.06. The van der Waals surface area contributed by atoms with Crippen LogP contribution < -0.4 is 14.4 Å². The summed E-state index contributed by atoms with van der Waals surface area (Å²) in [4.78, 5) is 43.9. The minimum absolute atomic E-state index is 0.0682. The fourth-order valence-corrected chi connectivity index (χ4v) is 5.71. The Morgan fingerprint density at radius 3 is 2.45 bits per heavy atom. The van der Waals surface area contributed by atoms with Gasteiger partial charge in [0, 0.05) is 17.7 Å². The minimum atomic E-state index is -0.654. The fraction of sp³-hybridized carbons (Fsp3) is 0.375. The number of amides is 2. The quantitative estimate of drug-likeness (QED) is 0.562. The van der Waals surface area contributed by atoms with Crippen LogP contribution in [-0.4, -0.2) is 54.3 Å². The molecule has 0 unspecified atom stereocenters. The molecule has 3 saturated heterocycles. The van der Waals surface area contributed by atoms with Gasteiger partial charge in [0.15, 0.2) is 17.3 Å². The highest BCUT2D eigenvalue weighted by atomic mass is 16.6. The van der Waals surface area contributed by atoms with Crippen LogP contribution in [0.1, 0.15) is 23.2 Å². The molecule has 0 radical (unpaired) electrons. The maximum Gasteiger partial charge on any atom is 0.239 e. The van der Waals surface area contributed by atoms with Gasteiger partial charge in [-0.05, 0) is 31.5 Å². The summed E-state index contributed by atoms with van der Waals surface area (Å²) in [6.07, 6.45) is 1.76. The number of ketones is 1. The third kappa shape index (κ3) is 2.66. The van der Waals surface area contributed by atoms with E-state index in [9.17, 15) is 14.4 Å². The van der Waals surface area contributed by atoms with Crippen molar-refractivity contribution in [2.45, 2.75) is 24.9 Å². The zero-order valence-corrected chi connectivity index (χ0v) is 16.9. The van der Waals surface area contributed by atoms with E-state index >= 15 is 0 Å². The van der Waals surface area contributed by atoms with Crippen LogP contribution in [0.2, 0.25) is 0 Å². The molecule has 6 rings (SSSR count). The maximum absolute atomic E-state index is 13.6. The van der Waals surface area contributed by atoms with E-state index in [0.29, 0.717) is 36.0 Å². The van der Waals surface area contributed by atoms with E-state index in [2.05, 4.69) is 4.90 Å². The minimum Gasteiger partial charge on any atom is -0.486 e. The van der Waals surface area contributed by atoms with Gasteiger partial charge in [-0.15, -0.1) is 0 Å². The molecule has 0 spiro atoms. The van der Waals surface area contributed by atoms with Crippen LogP contribution in [0, 0.1) is 11.8 Å². The molecule has 0 bridgehead atoms. The van der Waals surface area contributed by atoms with E-state index in [0.717, 1.165) is 19.4 Å². The van der Waals surface area contributed by atoms with E-state index in [4.69, 9.17) is 9.47 Å². The molecule has 31 heavy (non-hydrogen) atoms. The van der Waals surface area contributed by atoms with Gasteiger partial charge in [0.2, 0.25) is 11.8 Å². The summed E-state index contributed by atoms with van der Waals surface area (Å²) in [6, 6.07) is 13.5. The average molecular weight is 418 g/mol. The molecule has 4 aliphatic heterocycles. The van der Waals surface area contributed by atoms with Gasteiger partial charge in [0.25, 0.3) is 0 Å². The van der Waals surface area contributed by atoms with Crippen molar-refractivity contribution in [3.05, 3.63) is 54.1 Å². The second kappa shape index (κ2) is 6.92. The lowest BCUT2D eigenvalue weighted by Gasteiger charge is -2.28. The first-order valence-electron chi connectivity index (χ1n) is 10.8. The second-order valence-corrected chi connectivity index (χ2v) is 8.51. The molecule has 2 amide bonds. The molecule has 158 valence electrons. The lowest BCUT2D eigenvalue weighted by atomic mass is 9.85. The standard InChI is InChI=1S/C24H22N2O5/c27-22(14-5-2-1-3-6-14)21-20-19(16-7-4-10-25(16)21)23(28)26(24(20)29)15-8-9-17-18(13-15)31-12-11-30-17/h1-3,5-6,8-9,13,16,19-21H,4,7,10-12H2/t16-,19-,20+,21-/m1/s1. The summed E-state index contributed by atoms with van der Waals surface area (Å²) in [6.45, 7) is 1.64. The second-order valence-electron chi connectivity index (χ2n) is 8.51. The highest BCUT2D eigenvalue weighted by molar-refractivity contribution is 6.24. The molecule has 7 heteroatoms. The maximum atomic E-state index is 13.6. The van der Waals surface area contributed by atoms with E-state index in [1.807, 2.05) is 18.2 Å². The van der Waals surface area contributed by atoms with Crippen molar-refractivity contribution < 1.29 is 23.9 Å². The molecule has 3 fully saturated rings. The number of carbonyl (C=O) groups is 3. The third-order valence-electron chi connectivity index (χ3n) is 6.96. The molecular weight excluding hydrogens is 396 g/mol. The van der Waals surface area contributed by atoms with Gasteiger partial charge >= 0.3 is 0 Å². The molecule has 4 heterocycles. The van der Waals surface area contributed by atoms with Crippen molar-refractivity contribution in [3.63, 3.8) is 0 Å².